The number of hydrogen-bond donors (Lipinski definition) is 1. The average molecular weight is 289 g/mol. The summed E-state index contributed by atoms with van der Waals surface area (Å²) in [4.78, 5) is 14.2. The van der Waals surface area contributed by atoms with Crippen LogP contribution in [-0.2, 0) is 0 Å². The maximum atomic E-state index is 4.64. The van der Waals surface area contributed by atoms with Gasteiger partial charge in [-0.05, 0) is 31.7 Å². The molecule has 3 rings (SSSR count). The molecule has 1 unspecified atom stereocenters. The van der Waals surface area contributed by atoms with Gasteiger partial charge >= 0.3 is 0 Å². The molecule has 2 fully saturated rings. The Labute approximate surface area is 127 Å². The lowest BCUT2D eigenvalue weighted by atomic mass is 10.0. The van der Waals surface area contributed by atoms with Crippen LogP contribution < -0.4 is 10.2 Å². The highest BCUT2D eigenvalue weighted by Gasteiger charge is 2.30. The molecule has 0 aliphatic carbocycles. The van der Waals surface area contributed by atoms with Crippen LogP contribution in [0.15, 0.2) is 6.33 Å². The Hall–Kier alpha value is -1.36. The van der Waals surface area contributed by atoms with E-state index in [2.05, 4.69) is 38.9 Å². The summed E-state index contributed by atoms with van der Waals surface area (Å²) in [6.07, 6.45) is 5.61. The van der Waals surface area contributed by atoms with Crippen molar-refractivity contribution in [3.8, 4) is 0 Å². The summed E-state index contributed by atoms with van der Waals surface area (Å²) in [6, 6.07) is 0.709. The van der Waals surface area contributed by atoms with Crippen LogP contribution in [0.1, 0.15) is 44.6 Å². The van der Waals surface area contributed by atoms with Crippen molar-refractivity contribution < 1.29 is 0 Å². The molecule has 1 aromatic rings. The molecule has 5 nitrogen and oxygen atoms in total. The molecule has 3 heterocycles. The highest BCUT2D eigenvalue weighted by Crippen LogP contribution is 2.32. The molecular formula is C16H27N5. The van der Waals surface area contributed by atoms with Crippen molar-refractivity contribution in [2.75, 3.05) is 43.4 Å². The monoisotopic (exact) mass is 289 g/mol. The third-order valence-electron chi connectivity index (χ3n) is 4.78. The van der Waals surface area contributed by atoms with Gasteiger partial charge in [0.25, 0.3) is 0 Å². The second kappa shape index (κ2) is 6.18. The minimum Gasteiger partial charge on any atom is -0.373 e. The molecule has 1 N–H and O–H groups in total. The van der Waals surface area contributed by atoms with Crippen molar-refractivity contribution in [1.29, 1.82) is 0 Å². The van der Waals surface area contributed by atoms with E-state index in [0.29, 0.717) is 12.0 Å². The molecule has 2 aliphatic heterocycles. The van der Waals surface area contributed by atoms with Crippen molar-refractivity contribution in [3.05, 3.63) is 11.9 Å². The third kappa shape index (κ3) is 2.84. The summed E-state index contributed by atoms with van der Waals surface area (Å²) in [5, 5.41) is 3.23. The molecule has 21 heavy (non-hydrogen) atoms. The number of anilines is 2. The first-order valence-electron chi connectivity index (χ1n) is 8.22. The Balaban J connectivity index is 1.91. The predicted octanol–water partition coefficient (Wildman–Crippen LogP) is 2.32. The first kappa shape index (κ1) is 14.6. The fourth-order valence-electron chi connectivity index (χ4n) is 3.77. The maximum absolute atomic E-state index is 4.64. The van der Waals surface area contributed by atoms with E-state index in [-0.39, 0.29) is 0 Å². The number of nitrogens with one attached hydrogen (secondary N) is 1. The molecule has 1 atom stereocenters. The number of rotatable bonds is 3. The lowest BCUT2D eigenvalue weighted by Gasteiger charge is -2.29. The zero-order valence-electron chi connectivity index (χ0n) is 13.5. The van der Waals surface area contributed by atoms with E-state index >= 15 is 0 Å². The first-order valence-corrected chi connectivity index (χ1v) is 8.22. The molecule has 0 saturated carbocycles. The van der Waals surface area contributed by atoms with Crippen molar-refractivity contribution in [2.24, 2.45) is 0 Å². The SMILES string of the molecule is CNc1ncnc(N2CCCN3CCCC3C2)c1C(C)C. The van der Waals surface area contributed by atoms with E-state index in [0.717, 1.165) is 24.7 Å². The number of aromatic nitrogens is 2. The van der Waals surface area contributed by atoms with Crippen molar-refractivity contribution in [3.63, 3.8) is 0 Å². The molecule has 2 aliphatic rings. The van der Waals surface area contributed by atoms with E-state index in [1.165, 1.54) is 37.9 Å². The summed E-state index contributed by atoms with van der Waals surface area (Å²) in [6.45, 7) is 9.18. The molecule has 5 heteroatoms. The van der Waals surface area contributed by atoms with Crippen LogP contribution in [0.2, 0.25) is 0 Å². The van der Waals surface area contributed by atoms with Gasteiger partial charge < -0.3 is 10.2 Å². The average Bonchev–Trinajstić information content (AvgIpc) is 2.83. The molecule has 0 spiro atoms. The van der Waals surface area contributed by atoms with Gasteiger partial charge in [-0.15, -0.1) is 0 Å². The summed E-state index contributed by atoms with van der Waals surface area (Å²) in [5.41, 5.74) is 1.26. The molecule has 0 aromatic carbocycles. The topological polar surface area (TPSA) is 44.3 Å². The number of nitrogens with zero attached hydrogens (tertiary/aromatic N) is 4. The summed E-state index contributed by atoms with van der Waals surface area (Å²) >= 11 is 0. The molecule has 0 bridgehead atoms. The van der Waals surface area contributed by atoms with Crippen LogP contribution in [0.3, 0.4) is 0 Å². The van der Waals surface area contributed by atoms with Gasteiger partial charge in [0, 0.05) is 38.3 Å². The van der Waals surface area contributed by atoms with Crippen LogP contribution in [0.4, 0.5) is 11.6 Å². The highest BCUT2D eigenvalue weighted by molar-refractivity contribution is 5.60. The molecular weight excluding hydrogens is 262 g/mol. The Morgan fingerprint density at radius 1 is 1.19 bits per heavy atom. The number of hydrogen-bond acceptors (Lipinski definition) is 5. The minimum absolute atomic E-state index is 0.423. The largest absolute Gasteiger partial charge is 0.373 e. The van der Waals surface area contributed by atoms with E-state index in [9.17, 15) is 0 Å². The minimum atomic E-state index is 0.423. The second-order valence-corrected chi connectivity index (χ2v) is 6.50. The van der Waals surface area contributed by atoms with Gasteiger partial charge in [0.15, 0.2) is 0 Å². The summed E-state index contributed by atoms with van der Waals surface area (Å²) in [5.74, 6) is 2.53. The standard InChI is InChI=1S/C16H27N5/c1-12(2)14-15(17-3)18-11-19-16(14)21-9-5-8-20-7-4-6-13(20)10-21/h11-13H,4-10H2,1-3H3,(H,17,18,19). The van der Waals surface area contributed by atoms with E-state index < -0.39 is 0 Å². The third-order valence-corrected chi connectivity index (χ3v) is 4.78. The Morgan fingerprint density at radius 3 is 2.76 bits per heavy atom. The van der Waals surface area contributed by atoms with E-state index in [4.69, 9.17) is 0 Å². The maximum Gasteiger partial charge on any atom is 0.137 e. The quantitative estimate of drug-likeness (QED) is 0.925. The fraction of sp³-hybridized carbons (Fsp3) is 0.750. The van der Waals surface area contributed by atoms with Crippen LogP contribution in [0.25, 0.3) is 0 Å². The van der Waals surface area contributed by atoms with E-state index in [1.54, 1.807) is 6.33 Å². The highest BCUT2D eigenvalue weighted by atomic mass is 15.3. The van der Waals surface area contributed by atoms with Crippen molar-refractivity contribution >= 4 is 11.6 Å². The molecule has 116 valence electrons. The summed E-state index contributed by atoms with van der Waals surface area (Å²) < 4.78 is 0. The lowest BCUT2D eigenvalue weighted by molar-refractivity contribution is 0.273. The van der Waals surface area contributed by atoms with E-state index in [1.807, 2.05) is 7.05 Å². The zero-order chi connectivity index (χ0) is 14.8. The van der Waals surface area contributed by atoms with Crippen molar-refractivity contribution in [2.45, 2.75) is 45.1 Å². The predicted molar refractivity (Wildman–Crippen MR) is 87.1 cm³/mol. The molecule has 0 amide bonds. The lowest BCUT2D eigenvalue weighted by Crippen LogP contribution is -2.37. The van der Waals surface area contributed by atoms with Crippen molar-refractivity contribution in [1.82, 2.24) is 14.9 Å². The Bertz CT molecular complexity index is 488. The second-order valence-electron chi connectivity index (χ2n) is 6.50. The molecule has 2 saturated heterocycles. The van der Waals surface area contributed by atoms with Gasteiger partial charge in [0.05, 0.1) is 0 Å². The smallest absolute Gasteiger partial charge is 0.137 e. The van der Waals surface area contributed by atoms with Gasteiger partial charge in [-0.1, -0.05) is 13.8 Å². The Morgan fingerprint density at radius 2 is 2.00 bits per heavy atom. The first-order chi connectivity index (χ1) is 10.2. The van der Waals surface area contributed by atoms with Gasteiger partial charge in [-0.2, -0.15) is 0 Å². The van der Waals surface area contributed by atoms with Gasteiger partial charge in [0.1, 0.15) is 18.0 Å². The normalized spacial score (nSPS) is 23.2. The number of fused-ring (bicyclic) bond motifs is 1. The zero-order valence-corrected chi connectivity index (χ0v) is 13.5. The summed E-state index contributed by atoms with van der Waals surface area (Å²) in [7, 11) is 1.94. The van der Waals surface area contributed by atoms with Gasteiger partial charge in [0.2, 0.25) is 0 Å². The van der Waals surface area contributed by atoms with Crippen LogP contribution in [-0.4, -0.2) is 54.1 Å². The van der Waals surface area contributed by atoms with Gasteiger partial charge in [-0.3, -0.25) is 4.90 Å². The van der Waals surface area contributed by atoms with Crippen LogP contribution >= 0.6 is 0 Å². The molecule has 0 radical (unpaired) electrons. The molecule has 1 aromatic heterocycles. The van der Waals surface area contributed by atoms with Crippen LogP contribution in [0, 0.1) is 0 Å². The Kier molecular flexibility index (Phi) is 4.29. The fourth-order valence-corrected chi connectivity index (χ4v) is 3.77. The van der Waals surface area contributed by atoms with Gasteiger partial charge in [-0.25, -0.2) is 9.97 Å². The van der Waals surface area contributed by atoms with Crippen LogP contribution in [0.5, 0.6) is 0 Å².